The van der Waals surface area contributed by atoms with Gasteiger partial charge in [-0.1, -0.05) is 12.1 Å². The van der Waals surface area contributed by atoms with Gasteiger partial charge in [0, 0.05) is 26.1 Å². The van der Waals surface area contributed by atoms with E-state index in [4.69, 9.17) is 0 Å². The van der Waals surface area contributed by atoms with Crippen molar-refractivity contribution in [2.45, 2.75) is 32.7 Å². The molecule has 0 atom stereocenters. The summed E-state index contributed by atoms with van der Waals surface area (Å²) in [6.45, 7) is 5.14. The molecule has 0 saturated carbocycles. The normalized spacial score (nSPS) is 15.9. The number of piperidine rings is 1. The van der Waals surface area contributed by atoms with Crippen LogP contribution in [0.5, 0.6) is 0 Å². The fraction of sp³-hybridized carbons (Fsp3) is 0.467. The van der Waals surface area contributed by atoms with Crippen LogP contribution in [0.25, 0.3) is 0 Å². The van der Waals surface area contributed by atoms with E-state index in [1.54, 1.807) is 6.92 Å². The summed E-state index contributed by atoms with van der Waals surface area (Å²) < 4.78 is 0. The average molecular weight is 257 g/mol. The van der Waals surface area contributed by atoms with Crippen molar-refractivity contribution in [3.05, 3.63) is 29.3 Å². The van der Waals surface area contributed by atoms with E-state index in [0.29, 0.717) is 6.04 Å². The lowest BCUT2D eigenvalue weighted by atomic mass is 10.0. The summed E-state index contributed by atoms with van der Waals surface area (Å²) in [6.07, 6.45) is 1.86. The predicted molar refractivity (Wildman–Crippen MR) is 74.8 cm³/mol. The predicted octanol–water partition coefficient (Wildman–Crippen LogP) is 2.29. The molecule has 100 valence electrons. The SMILES string of the molecule is CC(=O)N1CCC(Nc2cccc(C)c2C#N)CC1. The molecule has 1 N–H and O–H groups in total. The summed E-state index contributed by atoms with van der Waals surface area (Å²) in [7, 11) is 0. The molecule has 0 spiro atoms. The summed E-state index contributed by atoms with van der Waals surface area (Å²) in [4.78, 5) is 13.1. The van der Waals surface area contributed by atoms with Crippen molar-refractivity contribution in [3.63, 3.8) is 0 Å². The zero-order chi connectivity index (χ0) is 13.8. The van der Waals surface area contributed by atoms with Crippen molar-refractivity contribution in [2.75, 3.05) is 18.4 Å². The second-order valence-electron chi connectivity index (χ2n) is 5.03. The van der Waals surface area contributed by atoms with Crippen LogP contribution >= 0.6 is 0 Å². The van der Waals surface area contributed by atoms with Crippen LogP contribution in [0.1, 0.15) is 30.9 Å². The van der Waals surface area contributed by atoms with Gasteiger partial charge < -0.3 is 10.2 Å². The molecule has 1 aliphatic heterocycles. The average Bonchev–Trinajstić information content (AvgIpc) is 2.39. The molecule has 4 heteroatoms. The van der Waals surface area contributed by atoms with Gasteiger partial charge in [0.25, 0.3) is 0 Å². The molecule has 2 rings (SSSR count). The van der Waals surface area contributed by atoms with Gasteiger partial charge in [-0.05, 0) is 31.4 Å². The lowest BCUT2D eigenvalue weighted by Crippen LogP contribution is -2.41. The Morgan fingerprint density at radius 3 is 2.68 bits per heavy atom. The highest BCUT2D eigenvalue weighted by molar-refractivity contribution is 5.73. The van der Waals surface area contributed by atoms with E-state index >= 15 is 0 Å². The van der Waals surface area contributed by atoms with Crippen LogP contribution in [0.3, 0.4) is 0 Å². The Labute approximate surface area is 114 Å². The molecule has 19 heavy (non-hydrogen) atoms. The number of amides is 1. The number of hydrogen-bond acceptors (Lipinski definition) is 3. The second kappa shape index (κ2) is 5.75. The molecule has 1 saturated heterocycles. The van der Waals surface area contributed by atoms with Gasteiger partial charge in [-0.2, -0.15) is 5.26 Å². The number of benzene rings is 1. The smallest absolute Gasteiger partial charge is 0.219 e. The minimum atomic E-state index is 0.145. The number of rotatable bonds is 2. The molecule has 1 aliphatic rings. The topological polar surface area (TPSA) is 56.1 Å². The fourth-order valence-electron chi connectivity index (χ4n) is 2.50. The maximum Gasteiger partial charge on any atom is 0.219 e. The molecular formula is C15H19N3O. The molecule has 0 aromatic heterocycles. The Morgan fingerprint density at radius 1 is 1.42 bits per heavy atom. The molecular weight excluding hydrogens is 238 g/mol. The number of nitrogens with one attached hydrogen (secondary N) is 1. The number of anilines is 1. The number of carbonyl (C=O) groups is 1. The van der Waals surface area contributed by atoms with E-state index in [-0.39, 0.29) is 5.91 Å². The zero-order valence-electron chi connectivity index (χ0n) is 11.4. The Kier molecular flexibility index (Phi) is 4.06. The monoisotopic (exact) mass is 257 g/mol. The van der Waals surface area contributed by atoms with Crippen LogP contribution < -0.4 is 5.32 Å². The zero-order valence-corrected chi connectivity index (χ0v) is 11.4. The lowest BCUT2D eigenvalue weighted by Gasteiger charge is -2.32. The fourth-order valence-corrected chi connectivity index (χ4v) is 2.50. The highest BCUT2D eigenvalue weighted by Gasteiger charge is 2.21. The van der Waals surface area contributed by atoms with E-state index in [0.717, 1.165) is 42.7 Å². The summed E-state index contributed by atoms with van der Waals surface area (Å²) in [5.74, 6) is 0.145. The maximum atomic E-state index is 11.3. The van der Waals surface area contributed by atoms with E-state index in [1.165, 1.54) is 0 Å². The van der Waals surface area contributed by atoms with Crippen LogP contribution in [0.4, 0.5) is 5.69 Å². The maximum absolute atomic E-state index is 11.3. The molecule has 4 nitrogen and oxygen atoms in total. The van der Waals surface area contributed by atoms with Crippen molar-refractivity contribution in [3.8, 4) is 6.07 Å². The van der Waals surface area contributed by atoms with Crippen molar-refractivity contribution >= 4 is 11.6 Å². The Hall–Kier alpha value is -2.02. The van der Waals surface area contributed by atoms with Crippen LogP contribution in [0.15, 0.2) is 18.2 Å². The van der Waals surface area contributed by atoms with Gasteiger partial charge in [0.2, 0.25) is 5.91 Å². The Balaban J connectivity index is 2.02. The van der Waals surface area contributed by atoms with Gasteiger partial charge in [-0.25, -0.2) is 0 Å². The van der Waals surface area contributed by atoms with Crippen molar-refractivity contribution < 1.29 is 4.79 Å². The van der Waals surface area contributed by atoms with Crippen LogP contribution in [-0.2, 0) is 4.79 Å². The third-order valence-corrected chi connectivity index (χ3v) is 3.68. The number of hydrogen-bond donors (Lipinski definition) is 1. The molecule has 1 amide bonds. The lowest BCUT2D eigenvalue weighted by molar-refractivity contribution is -0.129. The molecule has 1 aromatic rings. The molecule has 0 aliphatic carbocycles. The molecule has 1 heterocycles. The molecule has 0 unspecified atom stereocenters. The first-order valence-corrected chi connectivity index (χ1v) is 6.63. The summed E-state index contributed by atoms with van der Waals surface area (Å²) >= 11 is 0. The number of likely N-dealkylation sites (tertiary alicyclic amines) is 1. The van der Waals surface area contributed by atoms with Crippen LogP contribution in [0, 0.1) is 18.3 Å². The van der Waals surface area contributed by atoms with Gasteiger partial charge in [0.1, 0.15) is 6.07 Å². The first-order valence-electron chi connectivity index (χ1n) is 6.63. The summed E-state index contributed by atoms with van der Waals surface area (Å²) in [5.41, 5.74) is 2.62. The number of nitrogens with zero attached hydrogens (tertiary/aromatic N) is 2. The first kappa shape index (κ1) is 13.4. The summed E-state index contributed by atoms with van der Waals surface area (Å²) in [5, 5.41) is 12.6. The third-order valence-electron chi connectivity index (χ3n) is 3.68. The summed E-state index contributed by atoms with van der Waals surface area (Å²) in [6, 6.07) is 8.45. The second-order valence-corrected chi connectivity index (χ2v) is 5.03. The minimum Gasteiger partial charge on any atom is -0.381 e. The molecule has 1 fully saturated rings. The highest BCUT2D eigenvalue weighted by atomic mass is 16.2. The Morgan fingerprint density at radius 2 is 2.11 bits per heavy atom. The number of carbonyl (C=O) groups excluding carboxylic acids is 1. The standard InChI is InChI=1S/C15H19N3O/c1-11-4-3-5-15(14(11)10-16)17-13-6-8-18(9-7-13)12(2)19/h3-5,13,17H,6-9H2,1-2H3. The quantitative estimate of drug-likeness (QED) is 0.884. The minimum absolute atomic E-state index is 0.145. The van der Waals surface area contributed by atoms with Crippen LogP contribution in [0.2, 0.25) is 0 Å². The van der Waals surface area contributed by atoms with Gasteiger partial charge >= 0.3 is 0 Å². The number of aryl methyl sites for hydroxylation is 1. The van der Waals surface area contributed by atoms with Gasteiger partial charge in [-0.3, -0.25) is 4.79 Å². The van der Waals surface area contributed by atoms with E-state index in [1.807, 2.05) is 30.0 Å². The molecule has 0 bridgehead atoms. The Bertz CT molecular complexity index is 511. The van der Waals surface area contributed by atoms with E-state index in [2.05, 4.69) is 11.4 Å². The highest BCUT2D eigenvalue weighted by Crippen LogP contribution is 2.22. The van der Waals surface area contributed by atoms with Gasteiger partial charge in [0.15, 0.2) is 0 Å². The largest absolute Gasteiger partial charge is 0.381 e. The van der Waals surface area contributed by atoms with Gasteiger partial charge in [0.05, 0.1) is 11.3 Å². The van der Waals surface area contributed by atoms with Crippen molar-refractivity contribution in [2.24, 2.45) is 0 Å². The molecule has 1 aromatic carbocycles. The van der Waals surface area contributed by atoms with E-state index < -0.39 is 0 Å². The number of nitriles is 1. The van der Waals surface area contributed by atoms with E-state index in [9.17, 15) is 10.1 Å². The first-order chi connectivity index (χ1) is 9.11. The van der Waals surface area contributed by atoms with Gasteiger partial charge in [-0.15, -0.1) is 0 Å². The van der Waals surface area contributed by atoms with Crippen molar-refractivity contribution in [1.29, 1.82) is 5.26 Å². The van der Waals surface area contributed by atoms with Crippen molar-refractivity contribution in [1.82, 2.24) is 4.90 Å². The molecule has 0 radical (unpaired) electrons. The third kappa shape index (κ3) is 3.05. The van der Waals surface area contributed by atoms with Crippen LogP contribution in [-0.4, -0.2) is 29.9 Å².